The molecule has 0 bridgehead atoms. The summed E-state index contributed by atoms with van der Waals surface area (Å²) >= 11 is 0. The van der Waals surface area contributed by atoms with E-state index in [0.29, 0.717) is 12.8 Å². The van der Waals surface area contributed by atoms with E-state index in [1.54, 1.807) is 6.08 Å². The molecule has 14 heteroatoms. The topological polar surface area (TPSA) is 228 Å². The number of rotatable bonds is 54. The number of aliphatic hydroxyl groups excluding tert-OH is 8. The Morgan fingerprint density at radius 2 is 0.833 bits per heavy atom. The van der Waals surface area contributed by atoms with E-state index in [4.69, 9.17) is 18.9 Å². The zero-order valence-electron chi connectivity index (χ0n) is 52.6. The fourth-order valence-corrected chi connectivity index (χ4v) is 10.7. The molecule has 2 heterocycles. The number of amides is 1. The summed E-state index contributed by atoms with van der Waals surface area (Å²) in [6.45, 7) is 2.66. The third kappa shape index (κ3) is 38.4. The van der Waals surface area contributed by atoms with Crippen LogP contribution in [0.4, 0.5) is 0 Å². The summed E-state index contributed by atoms with van der Waals surface area (Å²) in [6.07, 6.45) is 57.9. The Hall–Kier alpha value is -2.83. The summed E-state index contributed by atoms with van der Waals surface area (Å²) in [4.78, 5) is 13.3. The van der Waals surface area contributed by atoms with Crippen LogP contribution in [-0.2, 0) is 23.7 Å². The van der Waals surface area contributed by atoms with Gasteiger partial charge in [0.25, 0.3) is 0 Å². The monoisotopic (exact) mass is 1190 g/mol. The van der Waals surface area contributed by atoms with Crippen molar-refractivity contribution >= 4 is 5.91 Å². The minimum Gasteiger partial charge on any atom is -0.394 e. The second kappa shape index (κ2) is 54.3. The average Bonchev–Trinajstić information content (AvgIpc) is 3.62. The third-order valence-electron chi connectivity index (χ3n) is 16.1. The fourth-order valence-electron chi connectivity index (χ4n) is 10.7. The fraction of sp³-hybridized carbons (Fsp3) is 0.786. The molecule has 1 amide bonds. The van der Waals surface area contributed by atoms with Gasteiger partial charge in [-0.15, -0.1) is 0 Å². The number of carbonyl (C=O) groups excluding carboxylic acids is 1. The van der Waals surface area contributed by atoms with Crippen LogP contribution in [-0.4, -0.2) is 140 Å². The first kappa shape index (κ1) is 77.3. The highest BCUT2D eigenvalue weighted by atomic mass is 16.7. The number of carbonyl (C=O) groups is 1. The summed E-state index contributed by atoms with van der Waals surface area (Å²) in [7, 11) is 0. The first-order valence-corrected chi connectivity index (χ1v) is 33.8. The average molecular weight is 1190 g/mol. The second-order valence-electron chi connectivity index (χ2n) is 23.6. The maximum absolute atomic E-state index is 13.3. The van der Waals surface area contributed by atoms with E-state index in [2.05, 4.69) is 92.1 Å². The predicted molar refractivity (Wildman–Crippen MR) is 341 cm³/mol. The van der Waals surface area contributed by atoms with E-state index in [1.807, 2.05) is 6.08 Å². The lowest BCUT2D eigenvalue weighted by molar-refractivity contribution is -0.359. The van der Waals surface area contributed by atoms with E-state index >= 15 is 0 Å². The van der Waals surface area contributed by atoms with Crippen LogP contribution in [0.1, 0.15) is 258 Å². The Labute approximate surface area is 510 Å². The molecule has 9 N–H and O–H groups in total. The van der Waals surface area contributed by atoms with Crippen LogP contribution in [0.15, 0.2) is 85.1 Å². The number of nitrogens with one attached hydrogen (secondary N) is 1. The molecule has 2 saturated heterocycles. The molecule has 12 unspecified atom stereocenters. The number of ether oxygens (including phenoxy) is 4. The smallest absolute Gasteiger partial charge is 0.220 e. The first-order valence-electron chi connectivity index (χ1n) is 33.8. The van der Waals surface area contributed by atoms with Crippen LogP contribution >= 0.6 is 0 Å². The van der Waals surface area contributed by atoms with E-state index in [1.165, 1.54) is 161 Å². The molecule has 0 aromatic rings. The van der Waals surface area contributed by atoms with Crippen LogP contribution in [0.25, 0.3) is 0 Å². The molecule has 0 saturated carbocycles. The van der Waals surface area contributed by atoms with Crippen molar-refractivity contribution in [2.45, 2.75) is 331 Å². The van der Waals surface area contributed by atoms with Crippen LogP contribution < -0.4 is 5.32 Å². The number of unbranched alkanes of at least 4 members (excludes halogenated alkanes) is 29. The zero-order valence-corrected chi connectivity index (χ0v) is 52.6. The van der Waals surface area contributed by atoms with E-state index in [0.717, 1.165) is 64.2 Å². The van der Waals surface area contributed by atoms with Gasteiger partial charge in [-0.3, -0.25) is 4.79 Å². The number of allylic oxidation sites excluding steroid dienone is 13. The molecule has 0 aromatic heterocycles. The van der Waals surface area contributed by atoms with Gasteiger partial charge in [0.05, 0.1) is 32.0 Å². The van der Waals surface area contributed by atoms with Crippen molar-refractivity contribution in [2.75, 3.05) is 19.8 Å². The molecule has 0 aromatic carbocycles. The van der Waals surface area contributed by atoms with Crippen LogP contribution in [0.3, 0.4) is 0 Å². The molecule has 2 rings (SSSR count). The Bertz CT molecular complexity index is 1730. The van der Waals surface area contributed by atoms with Crippen LogP contribution in [0.5, 0.6) is 0 Å². The maximum atomic E-state index is 13.3. The van der Waals surface area contributed by atoms with E-state index in [9.17, 15) is 45.6 Å². The van der Waals surface area contributed by atoms with Gasteiger partial charge < -0.3 is 65.1 Å². The lowest BCUT2D eigenvalue weighted by atomic mass is 9.97. The molecular weight excluding hydrogens is 1060 g/mol. The molecule has 84 heavy (non-hydrogen) atoms. The van der Waals surface area contributed by atoms with Gasteiger partial charge in [0, 0.05) is 6.42 Å². The van der Waals surface area contributed by atoms with E-state index < -0.39 is 86.8 Å². The molecule has 0 radical (unpaired) electrons. The van der Waals surface area contributed by atoms with Crippen molar-refractivity contribution in [3.05, 3.63) is 85.1 Å². The Morgan fingerprint density at radius 3 is 1.31 bits per heavy atom. The molecule has 0 aliphatic carbocycles. The van der Waals surface area contributed by atoms with Gasteiger partial charge in [-0.25, -0.2) is 0 Å². The summed E-state index contributed by atoms with van der Waals surface area (Å²) in [6, 6.07) is -0.956. The molecular formula is C70H123NO13. The minimum atomic E-state index is -1.80. The third-order valence-corrected chi connectivity index (χ3v) is 16.1. The summed E-state index contributed by atoms with van der Waals surface area (Å²) in [5.74, 6) is -0.281. The number of aliphatic hydroxyl groups is 8. The maximum Gasteiger partial charge on any atom is 0.220 e. The highest BCUT2D eigenvalue weighted by Crippen LogP contribution is 2.30. The number of hydrogen-bond acceptors (Lipinski definition) is 13. The molecule has 2 fully saturated rings. The molecule has 0 spiro atoms. The largest absolute Gasteiger partial charge is 0.394 e. The van der Waals surface area contributed by atoms with Crippen LogP contribution in [0.2, 0.25) is 0 Å². The second-order valence-corrected chi connectivity index (χ2v) is 23.6. The summed E-state index contributed by atoms with van der Waals surface area (Å²) in [5.41, 5.74) is 0. The molecule has 14 nitrogen and oxygen atoms in total. The molecule has 12 atom stereocenters. The van der Waals surface area contributed by atoms with Gasteiger partial charge in [0.2, 0.25) is 5.91 Å². The van der Waals surface area contributed by atoms with Gasteiger partial charge in [0.15, 0.2) is 12.6 Å². The lowest BCUT2D eigenvalue weighted by Gasteiger charge is -2.46. The Morgan fingerprint density at radius 1 is 0.440 bits per heavy atom. The SMILES string of the molecule is CC/C=C\C/C=C\C/C=C\C/C=C\C/C=C\CCCCCC(=O)NC(COC1OC(CO)C(OC2OC(CO)C(O)C(O)C2O)C(O)C1O)C(O)/C=C/CC/C=C/CCCCCCCCCCCCCCCCCCCCCCCCCCC. The zero-order chi connectivity index (χ0) is 60.9. The summed E-state index contributed by atoms with van der Waals surface area (Å²) < 4.78 is 22.8. The molecule has 486 valence electrons. The first-order chi connectivity index (χ1) is 41.1. The van der Waals surface area contributed by atoms with Gasteiger partial charge in [-0.2, -0.15) is 0 Å². The summed E-state index contributed by atoms with van der Waals surface area (Å²) in [5, 5.41) is 87.3. The van der Waals surface area contributed by atoms with Crippen molar-refractivity contribution in [3.63, 3.8) is 0 Å². The quantitative estimate of drug-likeness (QED) is 0.0204. The lowest BCUT2D eigenvalue weighted by Crippen LogP contribution is -2.65. The minimum absolute atomic E-state index is 0.230. The predicted octanol–water partition coefficient (Wildman–Crippen LogP) is 13.2. The number of hydrogen-bond donors (Lipinski definition) is 9. The van der Waals surface area contributed by atoms with Crippen molar-refractivity contribution in [1.29, 1.82) is 0 Å². The molecule has 2 aliphatic rings. The van der Waals surface area contributed by atoms with Gasteiger partial charge in [0.1, 0.15) is 48.8 Å². The highest BCUT2D eigenvalue weighted by molar-refractivity contribution is 5.76. The highest BCUT2D eigenvalue weighted by Gasteiger charge is 2.51. The van der Waals surface area contributed by atoms with E-state index in [-0.39, 0.29) is 18.9 Å². The van der Waals surface area contributed by atoms with Gasteiger partial charge in [-0.05, 0) is 77.0 Å². The van der Waals surface area contributed by atoms with Crippen molar-refractivity contribution < 1.29 is 64.6 Å². The standard InChI is InChI=1S/C70H123NO13/c1-3-5-7-9-11-13-15-17-19-21-23-24-25-26-27-28-29-30-31-32-33-34-36-37-39-41-43-45-47-49-51-53-59(74)58(71-62(75)54-52-50-48-46-44-42-40-38-35-22-20-18-16-14-12-10-8-6-4-2)57-81-69-67(80)65(78)68(61(56-73)83-69)84-70-66(79)64(77)63(76)60(55-72)82-70/h6,8,12,14,18,20,35,38,42-45,51,53,58-61,63-70,72-74,76-80H,3-5,7,9-11,13,15-17,19,21-34,36-37,39-41,46-50,52,54-57H2,1-2H3,(H,71,75)/b8-6-,14-12-,20-18-,38-35-,44-42-,45-43+,53-51+. The normalized spacial score (nSPS) is 24.2. The Balaban J connectivity index is 1.71. The molecule has 2 aliphatic heterocycles. The van der Waals surface area contributed by atoms with Crippen molar-refractivity contribution in [1.82, 2.24) is 5.32 Å². The van der Waals surface area contributed by atoms with Crippen molar-refractivity contribution in [3.8, 4) is 0 Å². The van der Waals surface area contributed by atoms with Gasteiger partial charge >= 0.3 is 0 Å². The van der Waals surface area contributed by atoms with Crippen LogP contribution in [0, 0.1) is 0 Å². The Kier molecular flexibility index (Phi) is 50.0. The van der Waals surface area contributed by atoms with Crippen molar-refractivity contribution in [2.24, 2.45) is 0 Å². The van der Waals surface area contributed by atoms with Gasteiger partial charge in [-0.1, -0.05) is 259 Å².